The number of hydrogen-bond donors (Lipinski definition) is 0. The maximum Gasteiger partial charge on any atom is 0.242 e. The number of rotatable bonds is 4. The Morgan fingerprint density at radius 3 is 2.75 bits per heavy atom. The van der Waals surface area contributed by atoms with Gasteiger partial charge in [-0.15, -0.1) is 0 Å². The molecule has 1 unspecified atom stereocenters. The van der Waals surface area contributed by atoms with Crippen molar-refractivity contribution in [2.24, 2.45) is 5.92 Å². The van der Waals surface area contributed by atoms with E-state index in [9.17, 15) is 9.59 Å². The quantitative estimate of drug-likeness (QED) is 0.829. The Kier molecular flexibility index (Phi) is 4.95. The summed E-state index contributed by atoms with van der Waals surface area (Å²) in [5.74, 6) is 0.639. The number of pyridine rings is 1. The Morgan fingerprint density at radius 1 is 1.40 bits per heavy atom. The summed E-state index contributed by atoms with van der Waals surface area (Å²) in [5, 5.41) is 0. The molecule has 0 radical (unpaired) electrons. The van der Waals surface area contributed by atoms with Gasteiger partial charge in [-0.1, -0.05) is 13.8 Å². The number of nitrogens with zero attached hydrogens (tertiary/aromatic N) is 2. The smallest absolute Gasteiger partial charge is 0.242 e. The van der Waals surface area contributed by atoms with Gasteiger partial charge in [0.05, 0.1) is 12.7 Å². The van der Waals surface area contributed by atoms with Crippen molar-refractivity contribution in [2.45, 2.75) is 32.9 Å². The van der Waals surface area contributed by atoms with Crippen LogP contribution in [-0.4, -0.2) is 41.2 Å². The van der Waals surface area contributed by atoms with Crippen LogP contribution in [0.3, 0.4) is 0 Å². The number of aromatic nitrogens is 1. The Labute approximate surface area is 119 Å². The molecule has 0 saturated carbocycles. The zero-order chi connectivity index (χ0) is 14.5. The molecule has 5 heteroatoms. The second-order valence-electron chi connectivity index (χ2n) is 5.67. The van der Waals surface area contributed by atoms with Crippen LogP contribution < -0.4 is 5.43 Å². The fourth-order valence-electron chi connectivity index (χ4n) is 2.42. The minimum absolute atomic E-state index is 0.0444. The molecule has 1 aromatic rings. The summed E-state index contributed by atoms with van der Waals surface area (Å²) in [6.45, 7) is 6.50. The molecule has 0 aromatic carbocycles. The van der Waals surface area contributed by atoms with Gasteiger partial charge in [-0.05, 0) is 12.3 Å². The minimum Gasteiger partial charge on any atom is -0.375 e. The largest absolute Gasteiger partial charge is 0.375 e. The van der Waals surface area contributed by atoms with Crippen LogP contribution in [0.1, 0.15) is 20.3 Å². The number of morpholine rings is 1. The lowest BCUT2D eigenvalue weighted by Crippen LogP contribution is -2.47. The van der Waals surface area contributed by atoms with Crippen molar-refractivity contribution in [1.29, 1.82) is 0 Å². The SMILES string of the molecule is CC(C)CC1CN(C(=O)Cn2ccc(=O)cc2)CCO1. The van der Waals surface area contributed by atoms with E-state index in [1.807, 2.05) is 4.90 Å². The van der Waals surface area contributed by atoms with Crippen LogP contribution >= 0.6 is 0 Å². The third-order valence-electron chi connectivity index (χ3n) is 3.40. The number of amides is 1. The highest BCUT2D eigenvalue weighted by molar-refractivity contribution is 5.76. The zero-order valence-electron chi connectivity index (χ0n) is 12.1. The molecule has 0 N–H and O–H groups in total. The van der Waals surface area contributed by atoms with Crippen LogP contribution in [0.15, 0.2) is 29.3 Å². The fraction of sp³-hybridized carbons (Fsp3) is 0.600. The normalized spacial score (nSPS) is 19.4. The maximum atomic E-state index is 12.3. The van der Waals surface area contributed by atoms with E-state index >= 15 is 0 Å². The molecule has 0 spiro atoms. The van der Waals surface area contributed by atoms with Crippen LogP contribution in [0.5, 0.6) is 0 Å². The van der Waals surface area contributed by atoms with Gasteiger partial charge < -0.3 is 14.2 Å². The van der Waals surface area contributed by atoms with Crippen molar-refractivity contribution in [2.75, 3.05) is 19.7 Å². The predicted molar refractivity (Wildman–Crippen MR) is 76.5 cm³/mol. The molecular weight excluding hydrogens is 256 g/mol. The number of ether oxygens (including phenoxy) is 1. The van der Waals surface area contributed by atoms with Crippen molar-refractivity contribution in [1.82, 2.24) is 9.47 Å². The Bertz CT molecular complexity index is 490. The number of carbonyl (C=O) groups is 1. The van der Waals surface area contributed by atoms with Crippen molar-refractivity contribution in [3.05, 3.63) is 34.7 Å². The predicted octanol–water partition coefficient (Wildman–Crippen LogP) is 1.12. The molecule has 1 aliphatic heterocycles. The molecule has 1 aromatic heterocycles. The summed E-state index contributed by atoms with van der Waals surface area (Å²) in [6, 6.07) is 2.93. The van der Waals surface area contributed by atoms with Crippen LogP contribution in [-0.2, 0) is 16.1 Å². The molecule has 110 valence electrons. The van der Waals surface area contributed by atoms with Gasteiger partial charge in [-0.25, -0.2) is 0 Å². The monoisotopic (exact) mass is 278 g/mol. The summed E-state index contributed by atoms with van der Waals surface area (Å²) >= 11 is 0. The van der Waals surface area contributed by atoms with Crippen LogP contribution in [0.4, 0.5) is 0 Å². The van der Waals surface area contributed by atoms with Gasteiger partial charge in [0.15, 0.2) is 5.43 Å². The Morgan fingerprint density at radius 2 is 2.10 bits per heavy atom. The summed E-state index contributed by atoms with van der Waals surface area (Å²) < 4.78 is 7.43. The first-order valence-electron chi connectivity index (χ1n) is 7.10. The lowest BCUT2D eigenvalue weighted by Gasteiger charge is -2.34. The lowest BCUT2D eigenvalue weighted by molar-refractivity contribution is -0.140. The zero-order valence-corrected chi connectivity index (χ0v) is 12.1. The van der Waals surface area contributed by atoms with Gasteiger partial charge >= 0.3 is 0 Å². The molecule has 1 fully saturated rings. The molecule has 1 atom stereocenters. The topological polar surface area (TPSA) is 51.5 Å². The van der Waals surface area contributed by atoms with E-state index in [4.69, 9.17) is 4.74 Å². The first-order valence-corrected chi connectivity index (χ1v) is 7.10. The molecular formula is C15H22N2O3. The maximum absolute atomic E-state index is 12.3. The minimum atomic E-state index is -0.0444. The van der Waals surface area contributed by atoms with Crippen molar-refractivity contribution < 1.29 is 9.53 Å². The fourth-order valence-corrected chi connectivity index (χ4v) is 2.42. The summed E-state index contributed by atoms with van der Waals surface area (Å²) in [5.41, 5.74) is -0.0444. The second-order valence-corrected chi connectivity index (χ2v) is 5.67. The third kappa shape index (κ3) is 4.20. The average molecular weight is 278 g/mol. The van der Waals surface area contributed by atoms with Gasteiger partial charge in [0, 0.05) is 37.6 Å². The number of carbonyl (C=O) groups excluding carboxylic acids is 1. The van der Waals surface area contributed by atoms with Crippen LogP contribution in [0, 0.1) is 5.92 Å². The number of hydrogen-bond acceptors (Lipinski definition) is 3. The van der Waals surface area contributed by atoms with Crippen molar-refractivity contribution in [3.8, 4) is 0 Å². The van der Waals surface area contributed by atoms with Crippen LogP contribution in [0.25, 0.3) is 0 Å². The van der Waals surface area contributed by atoms with Gasteiger partial charge in [-0.3, -0.25) is 9.59 Å². The standard InChI is InChI=1S/C15H22N2O3/c1-12(2)9-14-10-17(7-8-20-14)15(19)11-16-5-3-13(18)4-6-16/h3-6,12,14H,7-11H2,1-2H3. The Balaban J connectivity index is 1.91. The first kappa shape index (κ1) is 14.8. The van der Waals surface area contributed by atoms with E-state index in [-0.39, 0.29) is 24.0 Å². The van der Waals surface area contributed by atoms with E-state index in [1.165, 1.54) is 12.1 Å². The van der Waals surface area contributed by atoms with E-state index in [1.54, 1.807) is 17.0 Å². The van der Waals surface area contributed by atoms with E-state index in [2.05, 4.69) is 13.8 Å². The summed E-state index contributed by atoms with van der Waals surface area (Å²) in [7, 11) is 0. The average Bonchev–Trinajstić information content (AvgIpc) is 2.41. The molecule has 2 rings (SSSR count). The summed E-state index contributed by atoms with van der Waals surface area (Å²) in [4.78, 5) is 25.1. The van der Waals surface area contributed by atoms with E-state index in [0.717, 1.165) is 6.42 Å². The van der Waals surface area contributed by atoms with Crippen LogP contribution in [0.2, 0.25) is 0 Å². The lowest BCUT2D eigenvalue weighted by atomic mass is 10.0. The van der Waals surface area contributed by atoms with Crippen molar-refractivity contribution in [3.63, 3.8) is 0 Å². The van der Waals surface area contributed by atoms with E-state index in [0.29, 0.717) is 25.6 Å². The van der Waals surface area contributed by atoms with Crippen molar-refractivity contribution >= 4 is 5.91 Å². The molecule has 1 aliphatic rings. The second kappa shape index (κ2) is 6.70. The summed E-state index contributed by atoms with van der Waals surface area (Å²) in [6.07, 6.45) is 4.40. The highest BCUT2D eigenvalue weighted by atomic mass is 16.5. The van der Waals surface area contributed by atoms with Gasteiger partial charge in [0.1, 0.15) is 6.54 Å². The molecule has 0 aliphatic carbocycles. The third-order valence-corrected chi connectivity index (χ3v) is 3.40. The first-order chi connectivity index (χ1) is 9.54. The highest BCUT2D eigenvalue weighted by Gasteiger charge is 2.24. The molecule has 20 heavy (non-hydrogen) atoms. The molecule has 2 heterocycles. The van der Waals surface area contributed by atoms with E-state index < -0.39 is 0 Å². The van der Waals surface area contributed by atoms with Gasteiger partial charge in [0.2, 0.25) is 5.91 Å². The Hall–Kier alpha value is -1.62. The molecule has 0 bridgehead atoms. The van der Waals surface area contributed by atoms with Gasteiger partial charge in [0.25, 0.3) is 0 Å². The highest BCUT2D eigenvalue weighted by Crippen LogP contribution is 2.14. The molecule has 1 amide bonds. The molecule has 5 nitrogen and oxygen atoms in total. The molecule has 1 saturated heterocycles. The van der Waals surface area contributed by atoms with Gasteiger partial charge in [-0.2, -0.15) is 0 Å².